The second kappa shape index (κ2) is 11.5. The van der Waals surface area contributed by atoms with E-state index in [1.165, 1.54) is 12.8 Å². The minimum atomic E-state index is -0.701. The summed E-state index contributed by atoms with van der Waals surface area (Å²) < 4.78 is 11.7. The molecule has 1 fully saturated rings. The van der Waals surface area contributed by atoms with Crippen LogP contribution < -0.4 is 20.1 Å². The lowest BCUT2D eigenvalue weighted by Gasteiger charge is -2.23. The first-order valence-electron chi connectivity index (χ1n) is 12.9. The SMILES string of the molecule is COc1cc(C(C)NC(=O)C(Cc2c[nH]c3ccccc23)NC(=O)C(C)C)ccc1OC1CCCC1. The summed E-state index contributed by atoms with van der Waals surface area (Å²) in [5, 5.41) is 7.07. The number of nitrogens with one attached hydrogen (secondary N) is 3. The summed E-state index contributed by atoms with van der Waals surface area (Å²) in [6.07, 6.45) is 7.05. The Hall–Kier alpha value is -3.48. The summed E-state index contributed by atoms with van der Waals surface area (Å²) in [6.45, 7) is 5.57. The minimum Gasteiger partial charge on any atom is -0.493 e. The van der Waals surface area contributed by atoms with Gasteiger partial charge >= 0.3 is 0 Å². The van der Waals surface area contributed by atoms with Gasteiger partial charge in [0.1, 0.15) is 6.04 Å². The molecule has 1 saturated carbocycles. The molecule has 0 radical (unpaired) electrons. The number of benzene rings is 2. The fourth-order valence-corrected chi connectivity index (χ4v) is 4.70. The molecule has 0 aliphatic heterocycles. The van der Waals surface area contributed by atoms with E-state index in [-0.39, 0.29) is 29.9 Å². The molecule has 7 heteroatoms. The van der Waals surface area contributed by atoms with Gasteiger partial charge in [0.05, 0.1) is 19.3 Å². The quantitative estimate of drug-likeness (QED) is 0.370. The smallest absolute Gasteiger partial charge is 0.243 e. The number of carbonyl (C=O) groups excluding carboxylic acids is 2. The Morgan fingerprint density at radius 3 is 2.47 bits per heavy atom. The maximum Gasteiger partial charge on any atom is 0.243 e. The Balaban J connectivity index is 1.49. The van der Waals surface area contributed by atoms with Gasteiger partial charge in [0.25, 0.3) is 0 Å². The van der Waals surface area contributed by atoms with Crippen LogP contribution in [0.5, 0.6) is 11.5 Å². The van der Waals surface area contributed by atoms with Crippen LogP contribution in [-0.2, 0) is 16.0 Å². The average Bonchev–Trinajstić information content (AvgIpc) is 3.53. The fourth-order valence-electron chi connectivity index (χ4n) is 4.70. The van der Waals surface area contributed by atoms with E-state index < -0.39 is 6.04 Å². The van der Waals surface area contributed by atoms with Gasteiger partial charge in [-0.1, -0.05) is 38.1 Å². The number of aromatic nitrogens is 1. The molecule has 1 aliphatic carbocycles. The van der Waals surface area contributed by atoms with Crippen LogP contribution in [0.2, 0.25) is 0 Å². The fraction of sp³-hybridized carbons (Fsp3) is 0.448. The van der Waals surface area contributed by atoms with Crippen molar-refractivity contribution in [1.29, 1.82) is 0 Å². The zero-order valence-corrected chi connectivity index (χ0v) is 21.6. The van der Waals surface area contributed by atoms with E-state index in [1.807, 2.05) is 69.4 Å². The van der Waals surface area contributed by atoms with Gasteiger partial charge in [0.15, 0.2) is 11.5 Å². The number of ether oxygens (including phenoxy) is 2. The van der Waals surface area contributed by atoms with E-state index in [9.17, 15) is 9.59 Å². The van der Waals surface area contributed by atoms with Crippen LogP contribution in [-0.4, -0.2) is 36.1 Å². The average molecular weight is 492 g/mol. The zero-order chi connectivity index (χ0) is 25.7. The molecule has 0 spiro atoms. The van der Waals surface area contributed by atoms with Gasteiger partial charge in [0.2, 0.25) is 11.8 Å². The molecule has 7 nitrogen and oxygen atoms in total. The van der Waals surface area contributed by atoms with Gasteiger partial charge in [-0.05, 0) is 61.9 Å². The topological polar surface area (TPSA) is 92.5 Å². The molecule has 1 aromatic heterocycles. The first-order chi connectivity index (χ1) is 17.4. The van der Waals surface area contributed by atoms with Gasteiger partial charge in [-0.15, -0.1) is 0 Å². The van der Waals surface area contributed by atoms with Crippen LogP contribution in [0.4, 0.5) is 0 Å². The highest BCUT2D eigenvalue weighted by molar-refractivity contribution is 5.90. The monoisotopic (exact) mass is 491 g/mol. The number of rotatable bonds is 10. The van der Waals surface area contributed by atoms with Crippen molar-refractivity contribution in [3.63, 3.8) is 0 Å². The lowest BCUT2D eigenvalue weighted by atomic mass is 10.0. The summed E-state index contributed by atoms with van der Waals surface area (Å²) in [7, 11) is 1.63. The highest BCUT2D eigenvalue weighted by Crippen LogP contribution is 2.33. The highest BCUT2D eigenvalue weighted by Gasteiger charge is 2.26. The second-order valence-corrected chi connectivity index (χ2v) is 9.94. The molecule has 0 saturated heterocycles. The number of aromatic amines is 1. The number of fused-ring (bicyclic) bond motifs is 1. The molecule has 0 bridgehead atoms. The number of amides is 2. The standard InChI is InChI=1S/C29H37N3O4/c1-18(2)28(33)32-25(15-21-17-30-24-12-8-7-11-23(21)24)29(34)31-19(3)20-13-14-26(27(16-20)35-4)36-22-9-5-6-10-22/h7-8,11-14,16-19,22,25,30H,5-6,9-10,15H2,1-4H3,(H,31,34)(H,32,33). The van der Waals surface area contributed by atoms with Crippen LogP contribution >= 0.6 is 0 Å². The highest BCUT2D eigenvalue weighted by atomic mass is 16.5. The molecule has 36 heavy (non-hydrogen) atoms. The van der Waals surface area contributed by atoms with Crippen molar-refractivity contribution in [2.24, 2.45) is 5.92 Å². The molecule has 2 aromatic carbocycles. The molecule has 1 aliphatic rings. The molecule has 3 aromatic rings. The predicted octanol–water partition coefficient (Wildman–Crippen LogP) is 5.06. The van der Waals surface area contributed by atoms with Crippen molar-refractivity contribution in [3.05, 3.63) is 59.8 Å². The Morgan fingerprint density at radius 1 is 1.00 bits per heavy atom. The van der Waals surface area contributed by atoms with Crippen LogP contribution in [0.25, 0.3) is 10.9 Å². The van der Waals surface area contributed by atoms with Gasteiger partial charge in [-0.25, -0.2) is 0 Å². The Bertz CT molecular complexity index is 1200. The Morgan fingerprint density at radius 2 is 1.75 bits per heavy atom. The van der Waals surface area contributed by atoms with Crippen LogP contribution in [0.3, 0.4) is 0 Å². The summed E-state index contributed by atoms with van der Waals surface area (Å²) in [4.78, 5) is 29.2. The summed E-state index contributed by atoms with van der Waals surface area (Å²) in [5.41, 5.74) is 2.89. The van der Waals surface area contributed by atoms with E-state index in [0.717, 1.165) is 40.6 Å². The number of methoxy groups -OCH3 is 1. The van der Waals surface area contributed by atoms with E-state index in [4.69, 9.17) is 9.47 Å². The first kappa shape index (κ1) is 25.6. The normalized spacial score (nSPS) is 15.6. The van der Waals surface area contributed by atoms with Gasteiger partial charge in [-0.2, -0.15) is 0 Å². The van der Waals surface area contributed by atoms with Crippen LogP contribution in [0, 0.1) is 5.92 Å². The van der Waals surface area contributed by atoms with Gasteiger partial charge < -0.3 is 25.1 Å². The molecule has 2 amide bonds. The summed E-state index contributed by atoms with van der Waals surface area (Å²) in [6, 6.07) is 12.8. The lowest BCUT2D eigenvalue weighted by Crippen LogP contribution is -2.49. The first-order valence-corrected chi connectivity index (χ1v) is 12.9. The van der Waals surface area contributed by atoms with Crippen molar-refractivity contribution in [2.75, 3.05) is 7.11 Å². The summed E-state index contributed by atoms with van der Waals surface area (Å²) >= 11 is 0. The zero-order valence-electron chi connectivity index (χ0n) is 21.6. The summed E-state index contributed by atoms with van der Waals surface area (Å²) in [5.74, 6) is 0.777. The molecular weight excluding hydrogens is 454 g/mol. The molecule has 192 valence electrons. The maximum atomic E-state index is 13.4. The van der Waals surface area contributed by atoms with E-state index in [0.29, 0.717) is 12.2 Å². The third kappa shape index (κ3) is 6.01. The molecule has 4 rings (SSSR count). The molecule has 3 N–H and O–H groups in total. The predicted molar refractivity (Wildman–Crippen MR) is 141 cm³/mol. The number of hydrogen-bond donors (Lipinski definition) is 3. The van der Waals surface area contributed by atoms with Crippen molar-refractivity contribution in [1.82, 2.24) is 15.6 Å². The molecule has 2 atom stereocenters. The van der Waals surface area contributed by atoms with E-state index in [1.54, 1.807) is 7.11 Å². The third-order valence-electron chi connectivity index (χ3n) is 6.90. The van der Waals surface area contributed by atoms with E-state index in [2.05, 4.69) is 15.6 Å². The number of hydrogen-bond acceptors (Lipinski definition) is 4. The van der Waals surface area contributed by atoms with Crippen LogP contribution in [0.1, 0.15) is 63.6 Å². The Labute approximate surface area is 212 Å². The molecular formula is C29H37N3O4. The van der Waals surface area contributed by atoms with Crippen LogP contribution in [0.15, 0.2) is 48.7 Å². The molecule has 2 unspecified atom stereocenters. The van der Waals surface area contributed by atoms with Crippen molar-refractivity contribution >= 4 is 22.7 Å². The third-order valence-corrected chi connectivity index (χ3v) is 6.90. The number of carbonyl (C=O) groups is 2. The van der Waals surface area contributed by atoms with E-state index >= 15 is 0 Å². The van der Waals surface area contributed by atoms with Crippen molar-refractivity contribution < 1.29 is 19.1 Å². The largest absolute Gasteiger partial charge is 0.493 e. The number of H-pyrrole nitrogens is 1. The van der Waals surface area contributed by atoms with Gasteiger partial charge in [-0.3, -0.25) is 9.59 Å². The molecule has 1 heterocycles. The van der Waals surface area contributed by atoms with Gasteiger partial charge in [0, 0.05) is 29.4 Å². The minimum absolute atomic E-state index is 0.155. The second-order valence-electron chi connectivity index (χ2n) is 9.94. The lowest BCUT2D eigenvalue weighted by molar-refractivity contribution is -0.130. The van der Waals surface area contributed by atoms with Crippen molar-refractivity contribution in [2.45, 2.75) is 71.1 Å². The number of para-hydroxylation sites is 1. The maximum absolute atomic E-state index is 13.4. The van der Waals surface area contributed by atoms with Crippen molar-refractivity contribution in [3.8, 4) is 11.5 Å². The Kier molecular flexibility index (Phi) is 8.18.